The van der Waals surface area contributed by atoms with E-state index in [4.69, 9.17) is 0 Å². The van der Waals surface area contributed by atoms with Crippen molar-refractivity contribution >= 4 is 21.6 Å². The first-order chi connectivity index (χ1) is 12.8. The summed E-state index contributed by atoms with van der Waals surface area (Å²) in [5.41, 5.74) is 0.851. The van der Waals surface area contributed by atoms with E-state index < -0.39 is 27.6 Å². The average molecular weight is 394 g/mol. The van der Waals surface area contributed by atoms with Crippen LogP contribution in [-0.4, -0.2) is 31.7 Å². The SMILES string of the molecule is Cc1ccc(NC(=O)C2CCN(S(=O)(=O)c3ccccc3F)CC2)c(F)c1. The summed E-state index contributed by atoms with van der Waals surface area (Å²) in [6.45, 7) is 1.96. The van der Waals surface area contributed by atoms with Crippen LogP contribution in [0, 0.1) is 24.5 Å². The Morgan fingerprint density at radius 2 is 1.74 bits per heavy atom. The summed E-state index contributed by atoms with van der Waals surface area (Å²) < 4.78 is 54.1. The van der Waals surface area contributed by atoms with Gasteiger partial charge < -0.3 is 5.32 Å². The lowest BCUT2D eigenvalue weighted by Gasteiger charge is -2.30. The number of hydrogen-bond acceptors (Lipinski definition) is 3. The average Bonchev–Trinajstić information content (AvgIpc) is 2.64. The number of hydrogen-bond donors (Lipinski definition) is 1. The second-order valence-corrected chi connectivity index (χ2v) is 8.49. The van der Waals surface area contributed by atoms with Crippen molar-refractivity contribution in [1.29, 1.82) is 0 Å². The number of benzene rings is 2. The van der Waals surface area contributed by atoms with E-state index in [2.05, 4.69) is 5.32 Å². The Kier molecular flexibility index (Phi) is 5.57. The molecular weight excluding hydrogens is 374 g/mol. The van der Waals surface area contributed by atoms with E-state index in [1.54, 1.807) is 13.0 Å². The van der Waals surface area contributed by atoms with E-state index in [-0.39, 0.29) is 42.4 Å². The number of amides is 1. The number of nitrogens with zero attached hydrogens (tertiary/aromatic N) is 1. The molecule has 1 N–H and O–H groups in total. The van der Waals surface area contributed by atoms with Crippen molar-refractivity contribution in [2.75, 3.05) is 18.4 Å². The first kappa shape index (κ1) is 19.4. The monoisotopic (exact) mass is 394 g/mol. The van der Waals surface area contributed by atoms with Crippen molar-refractivity contribution in [2.24, 2.45) is 5.92 Å². The van der Waals surface area contributed by atoms with Crippen LogP contribution in [0.25, 0.3) is 0 Å². The minimum Gasteiger partial charge on any atom is -0.323 e. The lowest BCUT2D eigenvalue weighted by Crippen LogP contribution is -2.41. The number of sulfonamides is 1. The molecule has 27 heavy (non-hydrogen) atoms. The largest absolute Gasteiger partial charge is 0.323 e. The molecule has 0 aliphatic carbocycles. The zero-order valence-corrected chi connectivity index (χ0v) is 15.6. The standard InChI is InChI=1S/C19H20F2N2O3S/c1-13-6-7-17(16(21)12-13)22-19(24)14-8-10-23(11-9-14)27(25,26)18-5-3-2-4-15(18)20/h2-7,12,14H,8-11H2,1H3,(H,22,24). The van der Waals surface area contributed by atoms with Gasteiger partial charge in [-0.25, -0.2) is 17.2 Å². The third-order valence-electron chi connectivity index (χ3n) is 4.66. The summed E-state index contributed by atoms with van der Waals surface area (Å²) in [5.74, 6) is -2.09. The fraction of sp³-hybridized carbons (Fsp3) is 0.316. The van der Waals surface area contributed by atoms with E-state index in [0.29, 0.717) is 0 Å². The maximum Gasteiger partial charge on any atom is 0.245 e. The van der Waals surface area contributed by atoms with Crippen LogP contribution in [0.15, 0.2) is 47.4 Å². The smallest absolute Gasteiger partial charge is 0.245 e. The zero-order valence-electron chi connectivity index (χ0n) is 14.8. The van der Waals surface area contributed by atoms with Gasteiger partial charge in [0, 0.05) is 19.0 Å². The van der Waals surface area contributed by atoms with Crippen LogP contribution in [0.1, 0.15) is 18.4 Å². The number of piperidine rings is 1. The number of carbonyl (C=O) groups excluding carboxylic acids is 1. The van der Waals surface area contributed by atoms with E-state index >= 15 is 0 Å². The summed E-state index contributed by atoms with van der Waals surface area (Å²) in [6.07, 6.45) is 0.569. The molecule has 0 saturated carbocycles. The van der Waals surface area contributed by atoms with Gasteiger partial charge in [-0.3, -0.25) is 4.79 Å². The Morgan fingerprint density at radius 3 is 2.37 bits per heavy atom. The fourth-order valence-electron chi connectivity index (χ4n) is 3.11. The van der Waals surface area contributed by atoms with Crippen LogP contribution in [0.4, 0.5) is 14.5 Å². The normalized spacial score (nSPS) is 16.3. The number of rotatable bonds is 4. The highest BCUT2D eigenvalue weighted by atomic mass is 32.2. The van der Waals surface area contributed by atoms with Crippen molar-refractivity contribution in [3.8, 4) is 0 Å². The van der Waals surface area contributed by atoms with Crippen molar-refractivity contribution in [2.45, 2.75) is 24.7 Å². The molecule has 0 atom stereocenters. The summed E-state index contributed by atoms with van der Waals surface area (Å²) >= 11 is 0. The molecule has 8 heteroatoms. The minimum absolute atomic E-state index is 0.102. The van der Waals surface area contributed by atoms with E-state index in [0.717, 1.165) is 11.6 Å². The molecule has 2 aromatic rings. The molecule has 1 heterocycles. The van der Waals surface area contributed by atoms with Crippen LogP contribution in [0.2, 0.25) is 0 Å². The number of nitrogens with one attached hydrogen (secondary N) is 1. The van der Waals surface area contributed by atoms with Crippen LogP contribution in [0.5, 0.6) is 0 Å². The lowest BCUT2D eigenvalue weighted by atomic mass is 9.97. The van der Waals surface area contributed by atoms with Crippen LogP contribution in [-0.2, 0) is 14.8 Å². The first-order valence-corrected chi connectivity index (χ1v) is 10.0. The van der Waals surface area contributed by atoms with Gasteiger partial charge in [0.15, 0.2) is 0 Å². The molecule has 0 unspecified atom stereocenters. The third-order valence-corrected chi connectivity index (χ3v) is 6.59. The van der Waals surface area contributed by atoms with Crippen molar-refractivity contribution in [1.82, 2.24) is 4.31 Å². The van der Waals surface area contributed by atoms with Gasteiger partial charge in [0.1, 0.15) is 16.5 Å². The number of anilines is 1. The fourth-order valence-corrected chi connectivity index (χ4v) is 4.64. The van der Waals surface area contributed by atoms with E-state index in [1.165, 1.54) is 34.6 Å². The highest BCUT2D eigenvalue weighted by Crippen LogP contribution is 2.26. The number of carbonyl (C=O) groups is 1. The predicted octanol–water partition coefficient (Wildman–Crippen LogP) is 3.31. The highest BCUT2D eigenvalue weighted by Gasteiger charge is 2.33. The quantitative estimate of drug-likeness (QED) is 0.865. The van der Waals surface area contributed by atoms with Gasteiger partial charge in [0.2, 0.25) is 15.9 Å². The second kappa shape index (κ2) is 7.74. The van der Waals surface area contributed by atoms with Crippen LogP contribution in [0.3, 0.4) is 0 Å². The van der Waals surface area contributed by atoms with Gasteiger partial charge in [-0.05, 0) is 49.6 Å². The summed E-state index contributed by atoms with van der Waals surface area (Å²) in [4.78, 5) is 12.0. The molecule has 0 bridgehead atoms. The van der Waals surface area contributed by atoms with Gasteiger partial charge in [0.05, 0.1) is 5.69 Å². The summed E-state index contributed by atoms with van der Waals surface area (Å²) in [6, 6.07) is 9.75. The number of halogens is 2. The molecule has 1 aliphatic heterocycles. The van der Waals surface area contributed by atoms with Gasteiger partial charge in [-0.15, -0.1) is 0 Å². The molecule has 0 spiro atoms. The van der Waals surface area contributed by atoms with Crippen LogP contribution < -0.4 is 5.32 Å². The lowest BCUT2D eigenvalue weighted by molar-refractivity contribution is -0.120. The van der Waals surface area contributed by atoms with Gasteiger partial charge in [0.25, 0.3) is 0 Å². The molecule has 1 aliphatic rings. The highest BCUT2D eigenvalue weighted by molar-refractivity contribution is 7.89. The third kappa shape index (κ3) is 4.17. The molecular formula is C19H20F2N2O3S. The molecule has 1 amide bonds. The van der Waals surface area contributed by atoms with Crippen LogP contribution >= 0.6 is 0 Å². The van der Waals surface area contributed by atoms with E-state index in [1.807, 2.05) is 0 Å². The first-order valence-electron chi connectivity index (χ1n) is 8.61. The van der Waals surface area contributed by atoms with Crippen molar-refractivity contribution in [3.05, 3.63) is 59.7 Å². The van der Waals surface area contributed by atoms with Gasteiger partial charge >= 0.3 is 0 Å². The maximum absolute atomic E-state index is 13.9. The molecule has 0 radical (unpaired) electrons. The molecule has 1 fully saturated rings. The Hall–Kier alpha value is -2.32. The molecule has 5 nitrogen and oxygen atoms in total. The Bertz CT molecular complexity index is 955. The van der Waals surface area contributed by atoms with E-state index in [9.17, 15) is 22.0 Å². The minimum atomic E-state index is -3.95. The summed E-state index contributed by atoms with van der Waals surface area (Å²) in [5, 5.41) is 2.56. The molecule has 1 saturated heterocycles. The predicted molar refractivity (Wildman–Crippen MR) is 97.6 cm³/mol. The molecule has 144 valence electrons. The molecule has 0 aromatic heterocycles. The van der Waals surface area contributed by atoms with Crippen molar-refractivity contribution < 1.29 is 22.0 Å². The zero-order chi connectivity index (χ0) is 19.6. The Balaban J connectivity index is 1.65. The number of aryl methyl sites for hydroxylation is 1. The topological polar surface area (TPSA) is 66.5 Å². The van der Waals surface area contributed by atoms with Crippen molar-refractivity contribution in [3.63, 3.8) is 0 Å². The van der Waals surface area contributed by atoms with Gasteiger partial charge in [-0.2, -0.15) is 4.31 Å². The Labute approximate surface area is 157 Å². The maximum atomic E-state index is 13.9. The Morgan fingerprint density at radius 1 is 1.07 bits per heavy atom. The van der Waals surface area contributed by atoms with Gasteiger partial charge in [-0.1, -0.05) is 18.2 Å². The second-order valence-electron chi connectivity index (χ2n) is 6.58. The summed E-state index contributed by atoms with van der Waals surface area (Å²) in [7, 11) is -3.95. The molecule has 2 aromatic carbocycles. The molecule has 3 rings (SSSR count).